The van der Waals surface area contributed by atoms with E-state index >= 15 is 0 Å². The lowest BCUT2D eigenvalue weighted by Crippen LogP contribution is -2.51. The first-order valence-corrected chi connectivity index (χ1v) is 8.28. The van der Waals surface area contributed by atoms with Gasteiger partial charge in [-0.25, -0.2) is 9.97 Å². The van der Waals surface area contributed by atoms with Gasteiger partial charge in [-0.2, -0.15) is 0 Å². The summed E-state index contributed by atoms with van der Waals surface area (Å²) in [6, 6.07) is 11.7. The number of anilines is 2. The molecule has 0 saturated carbocycles. The molecule has 0 bridgehead atoms. The maximum Gasteiger partial charge on any atom is 0.242 e. The van der Waals surface area contributed by atoms with E-state index in [1.807, 2.05) is 47.2 Å². The van der Waals surface area contributed by atoms with Crippen LogP contribution in [0.15, 0.2) is 42.7 Å². The summed E-state index contributed by atoms with van der Waals surface area (Å²) in [7, 11) is 1.94. The van der Waals surface area contributed by atoms with E-state index < -0.39 is 0 Å². The molecule has 0 radical (unpaired) electrons. The molecule has 2 heterocycles. The van der Waals surface area contributed by atoms with Crippen LogP contribution in [0.2, 0.25) is 5.15 Å². The first-order chi connectivity index (χ1) is 11.6. The van der Waals surface area contributed by atoms with Crippen molar-refractivity contribution in [2.45, 2.75) is 0 Å². The SMILES string of the molecule is CN(CC(=O)N1CCN(c2cc(Cl)ncn2)CC1)c1ccccc1. The molecule has 2 aromatic rings. The van der Waals surface area contributed by atoms with Crippen molar-refractivity contribution in [3.63, 3.8) is 0 Å². The Bertz CT molecular complexity index is 688. The molecule has 1 amide bonds. The molecule has 1 aromatic heterocycles. The summed E-state index contributed by atoms with van der Waals surface area (Å²) < 4.78 is 0. The highest BCUT2D eigenvalue weighted by Crippen LogP contribution is 2.17. The second-order valence-corrected chi connectivity index (χ2v) is 6.15. The second-order valence-electron chi connectivity index (χ2n) is 5.76. The van der Waals surface area contributed by atoms with Crippen LogP contribution in [0.5, 0.6) is 0 Å². The minimum Gasteiger partial charge on any atom is -0.365 e. The molecular weight excluding hydrogens is 326 g/mol. The molecule has 0 N–H and O–H groups in total. The Morgan fingerprint density at radius 1 is 1.17 bits per heavy atom. The van der Waals surface area contributed by atoms with Gasteiger partial charge in [0.15, 0.2) is 0 Å². The summed E-state index contributed by atoms with van der Waals surface area (Å²) in [6.45, 7) is 3.23. The van der Waals surface area contributed by atoms with E-state index in [9.17, 15) is 4.79 Å². The van der Waals surface area contributed by atoms with Crippen molar-refractivity contribution in [2.75, 3.05) is 49.6 Å². The van der Waals surface area contributed by atoms with Crippen LogP contribution in [0.25, 0.3) is 0 Å². The number of amides is 1. The number of nitrogens with zero attached hydrogens (tertiary/aromatic N) is 5. The van der Waals surface area contributed by atoms with Crippen LogP contribution in [-0.2, 0) is 4.79 Å². The minimum absolute atomic E-state index is 0.140. The molecule has 0 atom stereocenters. The number of aromatic nitrogens is 2. The third kappa shape index (κ3) is 3.94. The van der Waals surface area contributed by atoms with Gasteiger partial charge in [-0.05, 0) is 12.1 Å². The largest absolute Gasteiger partial charge is 0.365 e. The first kappa shape index (κ1) is 16.5. The Hall–Kier alpha value is -2.34. The van der Waals surface area contributed by atoms with Crippen molar-refractivity contribution in [2.24, 2.45) is 0 Å². The molecule has 0 spiro atoms. The highest BCUT2D eigenvalue weighted by Gasteiger charge is 2.22. The third-order valence-corrected chi connectivity index (χ3v) is 4.35. The van der Waals surface area contributed by atoms with Gasteiger partial charge >= 0.3 is 0 Å². The average molecular weight is 346 g/mol. The number of para-hydroxylation sites is 1. The zero-order valence-electron chi connectivity index (χ0n) is 13.6. The fraction of sp³-hybridized carbons (Fsp3) is 0.353. The lowest BCUT2D eigenvalue weighted by atomic mass is 10.2. The van der Waals surface area contributed by atoms with Crippen molar-refractivity contribution in [1.29, 1.82) is 0 Å². The number of rotatable bonds is 4. The van der Waals surface area contributed by atoms with Gasteiger partial charge in [-0.1, -0.05) is 29.8 Å². The van der Waals surface area contributed by atoms with Gasteiger partial charge in [-0.15, -0.1) is 0 Å². The predicted octanol–water partition coefficient (Wildman–Crippen LogP) is 1.91. The van der Waals surface area contributed by atoms with Gasteiger partial charge in [0.2, 0.25) is 5.91 Å². The van der Waals surface area contributed by atoms with E-state index in [0.29, 0.717) is 24.8 Å². The van der Waals surface area contributed by atoms with Gasteiger partial charge in [0.1, 0.15) is 17.3 Å². The predicted molar refractivity (Wildman–Crippen MR) is 95.5 cm³/mol. The maximum atomic E-state index is 12.5. The Balaban J connectivity index is 1.53. The standard InChI is InChI=1S/C17H20ClN5O/c1-21(14-5-3-2-4-6-14)12-17(24)23-9-7-22(8-10-23)16-11-15(18)19-13-20-16/h2-6,11,13H,7-10,12H2,1H3. The molecule has 1 aromatic carbocycles. The van der Waals surface area contributed by atoms with Gasteiger partial charge in [0.25, 0.3) is 0 Å². The lowest BCUT2D eigenvalue weighted by Gasteiger charge is -2.36. The zero-order chi connectivity index (χ0) is 16.9. The van der Waals surface area contributed by atoms with Gasteiger partial charge in [0.05, 0.1) is 6.54 Å². The molecule has 1 aliphatic heterocycles. The van der Waals surface area contributed by atoms with Gasteiger partial charge in [0, 0.05) is 45.0 Å². The van der Waals surface area contributed by atoms with Gasteiger partial charge in [-0.3, -0.25) is 4.79 Å². The van der Waals surface area contributed by atoms with Crippen LogP contribution < -0.4 is 9.80 Å². The molecule has 1 fully saturated rings. The van der Waals surface area contributed by atoms with Crippen molar-refractivity contribution in [1.82, 2.24) is 14.9 Å². The van der Waals surface area contributed by atoms with E-state index in [4.69, 9.17) is 11.6 Å². The Morgan fingerprint density at radius 3 is 2.54 bits per heavy atom. The van der Waals surface area contributed by atoms with Crippen LogP contribution >= 0.6 is 11.6 Å². The number of likely N-dealkylation sites (N-methyl/N-ethyl adjacent to an activating group) is 1. The summed E-state index contributed by atoms with van der Waals surface area (Å²) in [5.74, 6) is 0.949. The fourth-order valence-corrected chi connectivity index (χ4v) is 2.90. The summed E-state index contributed by atoms with van der Waals surface area (Å²) in [5, 5.41) is 0.433. The van der Waals surface area contributed by atoms with E-state index in [2.05, 4.69) is 14.9 Å². The molecular formula is C17H20ClN5O. The molecule has 6 nitrogen and oxygen atoms in total. The quantitative estimate of drug-likeness (QED) is 0.792. The van der Waals surface area contributed by atoms with E-state index in [1.165, 1.54) is 6.33 Å². The smallest absolute Gasteiger partial charge is 0.242 e. The van der Waals surface area contributed by atoms with Crippen LogP contribution in [0, 0.1) is 0 Å². The molecule has 1 aliphatic rings. The molecule has 3 rings (SSSR count). The van der Waals surface area contributed by atoms with Crippen molar-refractivity contribution in [3.05, 3.63) is 47.9 Å². The van der Waals surface area contributed by atoms with Crippen LogP contribution in [0.4, 0.5) is 11.5 Å². The number of piperazine rings is 1. The van der Waals surface area contributed by atoms with E-state index in [-0.39, 0.29) is 5.91 Å². The lowest BCUT2D eigenvalue weighted by molar-refractivity contribution is -0.129. The number of hydrogen-bond donors (Lipinski definition) is 0. The summed E-state index contributed by atoms with van der Waals surface area (Å²) in [4.78, 5) is 26.6. The third-order valence-electron chi connectivity index (χ3n) is 4.15. The number of benzene rings is 1. The van der Waals surface area contributed by atoms with E-state index in [0.717, 1.165) is 24.6 Å². The van der Waals surface area contributed by atoms with E-state index in [1.54, 1.807) is 6.07 Å². The average Bonchev–Trinajstić information content (AvgIpc) is 2.62. The van der Waals surface area contributed by atoms with Crippen LogP contribution in [0.1, 0.15) is 0 Å². The molecule has 1 saturated heterocycles. The monoisotopic (exact) mass is 345 g/mol. The highest BCUT2D eigenvalue weighted by molar-refractivity contribution is 6.29. The number of hydrogen-bond acceptors (Lipinski definition) is 5. The Kier molecular flexibility index (Phi) is 5.15. The van der Waals surface area contributed by atoms with Gasteiger partial charge < -0.3 is 14.7 Å². The Labute approximate surface area is 146 Å². The fourth-order valence-electron chi connectivity index (χ4n) is 2.76. The highest BCUT2D eigenvalue weighted by atomic mass is 35.5. The molecule has 0 unspecified atom stereocenters. The normalized spacial score (nSPS) is 14.6. The molecule has 126 valence electrons. The number of halogens is 1. The Morgan fingerprint density at radius 2 is 1.88 bits per heavy atom. The van der Waals surface area contributed by atoms with Crippen LogP contribution in [-0.4, -0.2) is 60.5 Å². The number of carbonyl (C=O) groups is 1. The first-order valence-electron chi connectivity index (χ1n) is 7.90. The number of carbonyl (C=O) groups excluding carboxylic acids is 1. The topological polar surface area (TPSA) is 52.6 Å². The molecule has 24 heavy (non-hydrogen) atoms. The summed E-state index contributed by atoms with van der Waals surface area (Å²) >= 11 is 5.91. The molecule has 7 heteroatoms. The van der Waals surface area contributed by atoms with Crippen molar-refractivity contribution in [3.8, 4) is 0 Å². The zero-order valence-corrected chi connectivity index (χ0v) is 14.4. The second kappa shape index (κ2) is 7.49. The van der Waals surface area contributed by atoms with Crippen molar-refractivity contribution >= 4 is 29.0 Å². The molecule has 0 aliphatic carbocycles. The van der Waals surface area contributed by atoms with Crippen LogP contribution in [0.3, 0.4) is 0 Å². The summed E-state index contributed by atoms with van der Waals surface area (Å²) in [6.07, 6.45) is 1.46. The summed E-state index contributed by atoms with van der Waals surface area (Å²) in [5.41, 5.74) is 1.04. The van der Waals surface area contributed by atoms with Crippen molar-refractivity contribution < 1.29 is 4.79 Å². The minimum atomic E-state index is 0.140. The maximum absolute atomic E-state index is 12.5.